The molecule has 1 heterocycles. The molecule has 1 aromatic carbocycles. The average Bonchev–Trinajstić information content (AvgIpc) is 3.01. The van der Waals surface area contributed by atoms with E-state index in [1.807, 2.05) is 26.0 Å². The monoisotopic (exact) mass is 335 g/mol. The van der Waals surface area contributed by atoms with E-state index in [4.69, 9.17) is 16.7 Å². The summed E-state index contributed by atoms with van der Waals surface area (Å²) < 4.78 is 0. The number of benzene rings is 1. The van der Waals surface area contributed by atoms with E-state index >= 15 is 0 Å². The number of H-pyrrole nitrogens is 1. The van der Waals surface area contributed by atoms with E-state index in [2.05, 4.69) is 10.2 Å². The molecule has 0 fully saturated rings. The first-order valence-electron chi connectivity index (χ1n) is 7.27. The summed E-state index contributed by atoms with van der Waals surface area (Å²) in [7, 11) is 0. The zero-order valence-corrected chi connectivity index (χ0v) is 13.7. The number of aromatic nitrogens is 2. The van der Waals surface area contributed by atoms with Gasteiger partial charge in [0.15, 0.2) is 0 Å². The first-order valence-corrected chi connectivity index (χ1v) is 7.65. The van der Waals surface area contributed by atoms with Crippen LogP contribution in [-0.2, 0) is 4.79 Å². The Labute approximate surface area is 139 Å². The van der Waals surface area contributed by atoms with Crippen LogP contribution in [0.4, 0.5) is 0 Å². The molecule has 2 rings (SSSR count). The largest absolute Gasteiger partial charge is 0.480 e. The number of aromatic amines is 1. The zero-order valence-electron chi connectivity index (χ0n) is 12.9. The molecule has 6 nitrogen and oxygen atoms in total. The minimum Gasteiger partial charge on any atom is -0.480 e. The number of nitrogens with one attached hydrogen (secondary N) is 1. The highest BCUT2D eigenvalue weighted by Gasteiger charge is 2.24. The summed E-state index contributed by atoms with van der Waals surface area (Å²) in [5.41, 5.74) is 1.48. The third-order valence-corrected chi connectivity index (χ3v) is 3.98. The molecule has 0 aliphatic rings. The molecule has 0 bridgehead atoms. The van der Waals surface area contributed by atoms with Crippen molar-refractivity contribution in [3.05, 3.63) is 41.0 Å². The van der Waals surface area contributed by atoms with Crippen molar-refractivity contribution in [1.82, 2.24) is 15.1 Å². The van der Waals surface area contributed by atoms with Crippen LogP contribution in [0.2, 0.25) is 5.02 Å². The third kappa shape index (κ3) is 3.90. The first kappa shape index (κ1) is 17.0. The van der Waals surface area contributed by atoms with E-state index in [0.29, 0.717) is 22.7 Å². The number of carbonyl (C=O) groups is 2. The van der Waals surface area contributed by atoms with Crippen LogP contribution in [0.5, 0.6) is 0 Å². The number of hydrogen-bond donors (Lipinski definition) is 2. The van der Waals surface area contributed by atoms with Gasteiger partial charge in [-0.15, -0.1) is 0 Å². The number of amides is 1. The molecule has 2 N–H and O–H groups in total. The molecule has 0 aliphatic carbocycles. The molecule has 1 amide bonds. The maximum Gasteiger partial charge on any atom is 0.323 e. The molecule has 1 aromatic heterocycles. The minimum atomic E-state index is -1.05. The minimum absolute atomic E-state index is 0.189. The van der Waals surface area contributed by atoms with Crippen molar-refractivity contribution in [2.75, 3.05) is 6.54 Å². The maximum atomic E-state index is 12.6. The molecule has 0 radical (unpaired) electrons. The van der Waals surface area contributed by atoms with Crippen LogP contribution >= 0.6 is 11.6 Å². The van der Waals surface area contributed by atoms with Crippen LogP contribution in [0.15, 0.2) is 30.3 Å². The van der Waals surface area contributed by atoms with Crippen molar-refractivity contribution in [1.29, 1.82) is 0 Å². The van der Waals surface area contributed by atoms with E-state index in [1.54, 1.807) is 18.2 Å². The fourth-order valence-electron chi connectivity index (χ4n) is 2.19. The predicted octanol–water partition coefficient (Wildman–Crippen LogP) is 3.06. The van der Waals surface area contributed by atoms with Gasteiger partial charge < -0.3 is 10.0 Å². The van der Waals surface area contributed by atoms with Crippen LogP contribution < -0.4 is 0 Å². The lowest BCUT2D eigenvalue weighted by molar-refractivity contribution is -0.138. The number of carbonyl (C=O) groups excluding carboxylic acids is 1. The van der Waals surface area contributed by atoms with Crippen LogP contribution in [-0.4, -0.2) is 44.7 Å². The zero-order chi connectivity index (χ0) is 17.0. The fraction of sp³-hybridized carbons (Fsp3) is 0.312. The van der Waals surface area contributed by atoms with Crippen molar-refractivity contribution in [3.8, 4) is 11.3 Å². The number of hydrogen-bond acceptors (Lipinski definition) is 3. The third-order valence-electron chi connectivity index (χ3n) is 3.65. The predicted molar refractivity (Wildman–Crippen MR) is 87.5 cm³/mol. The van der Waals surface area contributed by atoms with Crippen molar-refractivity contribution >= 4 is 23.5 Å². The van der Waals surface area contributed by atoms with Crippen molar-refractivity contribution in [2.24, 2.45) is 0 Å². The summed E-state index contributed by atoms with van der Waals surface area (Å²) in [6.45, 7) is 3.36. The van der Waals surface area contributed by atoms with Gasteiger partial charge in [-0.2, -0.15) is 5.10 Å². The van der Waals surface area contributed by atoms with Gasteiger partial charge >= 0.3 is 5.97 Å². The SMILES string of the molecule is CCC(C)N(CC(=O)O)C(=O)c1cc(-c2ccccc2Cl)n[nH]1. The van der Waals surface area contributed by atoms with E-state index in [1.165, 1.54) is 4.90 Å². The molecule has 2 aromatic rings. The van der Waals surface area contributed by atoms with E-state index < -0.39 is 11.9 Å². The number of aliphatic carboxylic acids is 1. The summed E-state index contributed by atoms with van der Waals surface area (Å²) in [5, 5.41) is 16.3. The smallest absolute Gasteiger partial charge is 0.323 e. The second-order valence-corrected chi connectivity index (χ2v) is 5.64. The van der Waals surface area contributed by atoms with Gasteiger partial charge in [-0.25, -0.2) is 0 Å². The second kappa shape index (κ2) is 7.28. The van der Waals surface area contributed by atoms with Gasteiger partial charge in [-0.05, 0) is 25.5 Å². The van der Waals surface area contributed by atoms with Gasteiger partial charge in [-0.3, -0.25) is 14.7 Å². The van der Waals surface area contributed by atoms with E-state index in [0.717, 1.165) is 0 Å². The van der Waals surface area contributed by atoms with E-state index in [9.17, 15) is 9.59 Å². The topological polar surface area (TPSA) is 86.3 Å². The lowest BCUT2D eigenvalue weighted by Gasteiger charge is -2.26. The number of nitrogens with zero attached hydrogens (tertiary/aromatic N) is 2. The Morgan fingerprint density at radius 1 is 1.39 bits per heavy atom. The van der Waals surface area contributed by atoms with Crippen LogP contribution in [0, 0.1) is 0 Å². The molecule has 1 unspecified atom stereocenters. The Kier molecular flexibility index (Phi) is 5.39. The number of halogens is 1. The van der Waals surface area contributed by atoms with Crippen LogP contribution in [0.25, 0.3) is 11.3 Å². The Bertz CT molecular complexity index is 714. The van der Waals surface area contributed by atoms with Crippen molar-refractivity contribution in [3.63, 3.8) is 0 Å². The molecule has 0 saturated carbocycles. The first-order chi connectivity index (χ1) is 10.9. The molecular formula is C16H18ClN3O3. The standard InChI is InChI=1S/C16H18ClN3O3/c1-3-10(2)20(9-15(21)22)16(23)14-8-13(18-19-14)11-6-4-5-7-12(11)17/h4-8,10H,3,9H2,1-2H3,(H,18,19)(H,21,22). The summed E-state index contributed by atoms with van der Waals surface area (Å²) in [6, 6.07) is 8.57. The molecule has 7 heteroatoms. The summed E-state index contributed by atoms with van der Waals surface area (Å²) in [4.78, 5) is 24.9. The molecule has 122 valence electrons. The van der Waals surface area contributed by atoms with Crippen molar-refractivity contribution < 1.29 is 14.7 Å². The Balaban J connectivity index is 2.29. The number of carboxylic acids is 1. The summed E-state index contributed by atoms with van der Waals surface area (Å²) >= 11 is 6.12. The van der Waals surface area contributed by atoms with E-state index in [-0.39, 0.29) is 18.3 Å². The summed E-state index contributed by atoms with van der Waals surface area (Å²) in [6.07, 6.45) is 0.657. The second-order valence-electron chi connectivity index (χ2n) is 5.23. The van der Waals surface area contributed by atoms with Gasteiger partial charge in [0.05, 0.1) is 10.7 Å². The van der Waals surface area contributed by atoms with Crippen LogP contribution in [0.3, 0.4) is 0 Å². The van der Waals surface area contributed by atoms with Gasteiger partial charge in [0.2, 0.25) is 0 Å². The van der Waals surface area contributed by atoms with Gasteiger partial charge in [0.1, 0.15) is 12.2 Å². The number of carboxylic acid groups (broad SMARTS) is 1. The Morgan fingerprint density at radius 3 is 2.70 bits per heavy atom. The molecule has 1 atom stereocenters. The maximum absolute atomic E-state index is 12.6. The van der Waals surface area contributed by atoms with Crippen molar-refractivity contribution in [2.45, 2.75) is 26.3 Å². The van der Waals surface area contributed by atoms with Gasteiger partial charge in [0.25, 0.3) is 5.91 Å². The molecule has 0 saturated heterocycles. The quantitative estimate of drug-likeness (QED) is 0.849. The molecule has 0 spiro atoms. The highest BCUT2D eigenvalue weighted by Crippen LogP contribution is 2.26. The lowest BCUT2D eigenvalue weighted by atomic mass is 10.1. The molecule has 23 heavy (non-hydrogen) atoms. The Hall–Kier alpha value is -2.34. The van der Waals surface area contributed by atoms with Crippen LogP contribution in [0.1, 0.15) is 30.8 Å². The highest BCUT2D eigenvalue weighted by molar-refractivity contribution is 6.33. The average molecular weight is 336 g/mol. The van der Waals surface area contributed by atoms with Gasteiger partial charge in [0, 0.05) is 11.6 Å². The molecule has 0 aliphatic heterocycles. The normalized spacial score (nSPS) is 12.0. The molecular weight excluding hydrogens is 318 g/mol. The fourth-order valence-corrected chi connectivity index (χ4v) is 2.42. The summed E-state index contributed by atoms with van der Waals surface area (Å²) in [5.74, 6) is -1.45. The lowest BCUT2D eigenvalue weighted by Crippen LogP contribution is -2.42. The highest BCUT2D eigenvalue weighted by atomic mass is 35.5. The van der Waals surface area contributed by atoms with Gasteiger partial charge in [-0.1, -0.05) is 36.7 Å². The number of rotatable bonds is 6. The Morgan fingerprint density at radius 2 is 2.09 bits per heavy atom.